The van der Waals surface area contributed by atoms with Crippen LogP contribution in [0.4, 0.5) is 0 Å². The summed E-state index contributed by atoms with van der Waals surface area (Å²) in [7, 11) is 0. The molecule has 28 heavy (non-hydrogen) atoms. The van der Waals surface area contributed by atoms with E-state index in [0.29, 0.717) is 17.9 Å². The van der Waals surface area contributed by atoms with Gasteiger partial charge in [0, 0.05) is 24.7 Å². The highest BCUT2D eigenvalue weighted by atomic mass is 35.5. The fourth-order valence-corrected chi connectivity index (χ4v) is 3.13. The second-order valence-corrected chi connectivity index (χ2v) is 6.29. The van der Waals surface area contributed by atoms with Crippen LogP contribution in [0, 0.1) is 6.92 Å². The molecule has 1 amide bonds. The summed E-state index contributed by atoms with van der Waals surface area (Å²) < 4.78 is 1.67. The average molecular weight is 421 g/mol. The van der Waals surface area contributed by atoms with E-state index in [-0.39, 0.29) is 30.7 Å². The highest BCUT2D eigenvalue weighted by molar-refractivity contribution is 5.94. The van der Waals surface area contributed by atoms with Gasteiger partial charge in [-0.05, 0) is 32.0 Å². The van der Waals surface area contributed by atoms with Crippen LogP contribution in [0.5, 0.6) is 0 Å². The number of amides is 1. The van der Waals surface area contributed by atoms with Gasteiger partial charge in [-0.1, -0.05) is 35.1 Å². The number of hydrogen-bond acceptors (Lipinski definition) is 5. The smallest absolute Gasteiger partial charge is 0.274 e. The molecule has 1 aromatic carbocycles. The van der Waals surface area contributed by atoms with E-state index in [1.807, 2.05) is 37.3 Å². The van der Waals surface area contributed by atoms with Crippen LogP contribution in [0.15, 0.2) is 48.2 Å². The fraction of sp³-hybridized carbons (Fsp3) is 0.263. The second-order valence-electron chi connectivity index (χ2n) is 6.29. The van der Waals surface area contributed by atoms with Gasteiger partial charge in [-0.3, -0.25) is 9.78 Å². The van der Waals surface area contributed by atoms with Crippen molar-refractivity contribution in [3.05, 3.63) is 59.6 Å². The Morgan fingerprint density at radius 3 is 2.86 bits per heavy atom. The lowest BCUT2D eigenvalue weighted by molar-refractivity contribution is 0.0951. The molecule has 148 valence electrons. The van der Waals surface area contributed by atoms with Gasteiger partial charge in [-0.15, -0.1) is 29.9 Å². The van der Waals surface area contributed by atoms with E-state index in [9.17, 15) is 4.79 Å². The molecule has 1 aliphatic heterocycles. The number of benzene rings is 1. The van der Waals surface area contributed by atoms with Crippen molar-refractivity contribution in [3.63, 3.8) is 0 Å². The maximum absolute atomic E-state index is 12.5. The second kappa shape index (κ2) is 9.64. The molecule has 7 nitrogen and oxygen atoms in total. The third-order valence-corrected chi connectivity index (χ3v) is 4.58. The van der Waals surface area contributed by atoms with Gasteiger partial charge in [-0.2, -0.15) is 0 Å². The molecule has 0 bridgehead atoms. The predicted octanol–water partition coefficient (Wildman–Crippen LogP) is 2.62. The number of fused-ring (bicyclic) bond motifs is 1. The van der Waals surface area contributed by atoms with Gasteiger partial charge in [0.05, 0.1) is 16.9 Å². The Hall–Kier alpha value is -2.48. The Kier molecular flexibility index (Phi) is 7.51. The van der Waals surface area contributed by atoms with Crippen LogP contribution in [0.25, 0.3) is 16.6 Å². The summed E-state index contributed by atoms with van der Waals surface area (Å²) in [6, 6.07) is 9.77. The van der Waals surface area contributed by atoms with Crippen molar-refractivity contribution in [2.45, 2.75) is 13.3 Å². The zero-order valence-electron chi connectivity index (χ0n) is 15.4. The first-order valence-electron chi connectivity index (χ1n) is 8.67. The molecule has 0 unspecified atom stereocenters. The molecule has 0 atom stereocenters. The first kappa shape index (κ1) is 21.8. The standard InChI is InChI=1S/C19H20N6O.2ClH/c1-13-17(19(26)22-12-14-7-10-20-11-8-14)23-24-25(13)16-6-2-4-15-5-3-9-21-18(15)16;;/h2-7,9,20H,8,10-12H2,1H3,(H,22,26);2*1H. The number of para-hydroxylation sites is 1. The summed E-state index contributed by atoms with van der Waals surface area (Å²) in [6.07, 6.45) is 4.82. The number of nitrogens with one attached hydrogen (secondary N) is 2. The number of halogens is 2. The molecule has 0 fully saturated rings. The third kappa shape index (κ3) is 4.32. The molecular formula is C19H22Cl2N6O. The van der Waals surface area contributed by atoms with Crippen LogP contribution in [0.2, 0.25) is 0 Å². The fourth-order valence-electron chi connectivity index (χ4n) is 3.13. The molecule has 3 aromatic rings. The van der Waals surface area contributed by atoms with E-state index >= 15 is 0 Å². The summed E-state index contributed by atoms with van der Waals surface area (Å²) in [5, 5.41) is 15.5. The van der Waals surface area contributed by atoms with Crippen molar-refractivity contribution >= 4 is 41.6 Å². The molecule has 2 N–H and O–H groups in total. The van der Waals surface area contributed by atoms with Gasteiger partial charge in [0.2, 0.25) is 0 Å². The summed E-state index contributed by atoms with van der Waals surface area (Å²) in [5.74, 6) is -0.207. The molecule has 1 aliphatic rings. The number of pyridine rings is 1. The topological polar surface area (TPSA) is 84.7 Å². The Balaban J connectivity index is 0.00000140. The van der Waals surface area contributed by atoms with Crippen molar-refractivity contribution < 1.29 is 4.79 Å². The predicted molar refractivity (Wildman–Crippen MR) is 114 cm³/mol. The number of aromatic nitrogens is 4. The van der Waals surface area contributed by atoms with E-state index in [0.717, 1.165) is 36.1 Å². The van der Waals surface area contributed by atoms with Gasteiger partial charge in [0.1, 0.15) is 0 Å². The largest absolute Gasteiger partial charge is 0.347 e. The normalized spacial score (nSPS) is 13.2. The molecule has 9 heteroatoms. The first-order valence-corrected chi connectivity index (χ1v) is 8.67. The van der Waals surface area contributed by atoms with Crippen molar-refractivity contribution in [1.29, 1.82) is 0 Å². The van der Waals surface area contributed by atoms with Gasteiger partial charge >= 0.3 is 0 Å². The minimum atomic E-state index is -0.207. The Bertz CT molecular complexity index is 996. The van der Waals surface area contributed by atoms with Crippen LogP contribution in [0.3, 0.4) is 0 Å². The van der Waals surface area contributed by atoms with Crippen LogP contribution < -0.4 is 10.6 Å². The lowest BCUT2D eigenvalue weighted by Crippen LogP contribution is -2.30. The molecule has 0 saturated carbocycles. The minimum absolute atomic E-state index is 0. The quantitative estimate of drug-likeness (QED) is 0.633. The highest BCUT2D eigenvalue weighted by Gasteiger charge is 2.19. The molecule has 4 rings (SSSR count). The molecule has 0 saturated heterocycles. The Morgan fingerprint density at radius 2 is 2.07 bits per heavy atom. The zero-order valence-corrected chi connectivity index (χ0v) is 17.0. The monoisotopic (exact) mass is 420 g/mol. The number of rotatable bonds is 4. The summed E-state index contributed by atoms with van der Waals surface area (Å²) in [6.45, 7) is 4.20. The lowest BCUT2D eigenvalue weighted by atomic mass is 10.1. The highest BCUT2D eigenvalue weighted by Crippen LogP contribution is 2.21. The molecule has 0 radical (unpaired) electrons. The SMILES string of the molecule is Cc1c(C(=O)NCC2=CCNCC2)nnn1-c1cccc2cccnc12.Cl.Cl. The van der Waals surface area contributed by atoms with Gasteiger partial charge in [0.15, 0.2) is 5.69 Å². The van der Waals surface area contributed by atoms with Gasteiger partial charge < -0.3 is 10.6 Å². The summed E-state index contributed by atoms with van der Waals surface area (Å²) in [4.78, 5) is 17.0. The molecule has 3 heterocycles. The van der Waals surface area contributed by atoms with Crippen molar-refractivity contribution in [2.75, 3.05) is 19.6 Å². The van der Waals surface area contributed by atoms with Crippen molar-refractivity contribution in [3.8, 4) is 5.69 Å². The Labute approximate surface area is 175 Å². The van der Waals surface area contributed by atoms with Crippen LogP contribution in [-0.2, 0) is 0 Å². The maximum Gasteiger partial charge on any atom is 0.274 e. The van der Waals surface area contributed by atoms with Crippen molar-refractivity contribution in [2.24, 2.45) is 0 Å². The lowest BCUT2D eigenvalue weighted by Gasteiger charge is -2.14. The van der Waals surface area contributed by atoms with E-state index < -0.39 is 0 Å². The number of nitrogens with zero attached hydrogens (tertiary/aromatic N) is 4. The van der Waals surface area contributed by atoms with E-state index in [4.69, 9.17) is 0 Å². The molecule has 0 aliphatic carbocycles. The van der Waals surface area contributed by atoms with Crippen molar-refractivity contribution in [1.82, 2.24) is 30.6 Å². The Morgan fingerprint density at radius 1 is 1.25 bits per heavy atom. The number of hydrogen-bond donors (Lipinski definition) is 2. The van der Waals surface area contributed by atoms with Crippen LogP contribution in [0.1, 0.15) is 22.6 Å². The minimum Gasteiger partial charge on any atom is -0.347 e. The molecule has 0 spiro atoms. The number of carbonyl (C=O) groups is 1. The van der Waals surface area contributed by atoms with Crippen LogP contribution >= 0.6 is 24.8 Å². The van der Waals surface area contributed by atoms with E-state index in [1.54, 1.807) is 10.9 Å². The van der Waals surface area contributed by atoms with E-state index in [2.05, 4.69) is 32.0 Å². The average Bonchev–Trinajstić information content (AvgIpc) is 3.08. The maximum atomic E-state index is 12.5. The summed E-state index contributed by atoms with van der Waals surface area (Å²) >= 11 is 0. The zero-order chi connectivity index (χ0) is 17.9. The third-order valence-electron chi connectivity index (χ3n) is 4.58. The van der Waals surface area contributed by atoms with E-state index in [1.165, 1.54) is 5.57 Å². The molecular weight excluding hydrogens is 399 g/mol. The first-order chi connectivity index (χ1) is 12.7. The molecule has 2 aromatic heterocycles. The van der Waals surface area contributed by atoms with Gasteiger partial charge in [-0.25, -0.2) is 4.68 Å². The van der Waals surface area contributed by atoms with Crippen LogP contribution in [-0.4, -0.2) is 45.5 Å². The summed E-state index contributed by atoms with van der Waals surface area (Å²) in [5.41, 5.74) is 3.91. The van der Waals surface area contributed by atoms with Gasteiger partial charge in [0.25, 0.3) is 5.91 Å². The number of carbonyl (C=O) groups excluding carboxylic acids is 1.